The second-order valence-corrected chi connectivity index (χ2v) is 5.05. The zero-order chi connectivity index (χ0) is 14.7. The van der Waals surface area contributed by atoms with E-state index >= 15 is 0 Å². The lowest BCUT2D eigenvalue weighted by Crippen LogP contribution is -2.07. The van der Waals surface area contributed by atoms with Gasteiger partial charge in [0.1, 0.15) is 11.6 Å². The molecule has 0 aliphatic carbocycles. The van der Waals surface area contributed by atoms with Gasteiger partial charge in [0.15, 0.2) is 0 Å². The Morgan fingerprint density at radius 1 is 1.20 bits per heavy atom. The van der Waals surface area contributed by atoms with Crippen molar-refractivity contribution in [2.75, 3.05) is 7.11 Å². The van der Waals surface area contributed by atoms with Gasteiger partial charge in [0.05, 0.1) is 13.2 Å². The summed E-state index contributed by atoms with van der Waals surface area (Å²) in [5.74, 6) is 0.383. The van der Waals surface area contributed by atoms with Crippen molar-refractivity contribution in [1.82, 2.24) is 0 Å². The van der Waals surface area contributed by atoms with E-state index in [0.717, 1.165) is 22.3 Å². The molecule has 0 aliphatic rings. The molecule has 0 heterocycles. The van der Waals surface area contributed by atoms with Crippen LogP contribution in [0, 0.1) is 19.7 Å². The molecule has 3 heteroatoms. The number of hydrogen-bond acceptors (Lipinski definition) is 2. The van der Waals surface area contributed by atoms with Gasteiger partial charge in [-0.2, -0.15) is 0 Å². The smallest absolute Gasteiger partial charge is 0.125 e. The maximum absolute atomic E-state index is 13.2. The normalized spacial score (nSPS) is 12.2. The van der Waals surface area contributed by atoms with Gasteiger partial charge >= 0.3 is 0 Å². The summed E-state index contributed by atoms with van der Waals surface area (Å²) in [7, 11) is 1.59. The molecule has 0 spiro atoms. The topological polar surface area (TPSA) is 29.5 Å². The molecule has 1 N–H and O–H groups in total. The molecule has 0 amide bonds. The summed E-state index contributed by atoms with van der Waals surface area (Å²) in [5, 5.41) is 10.4. The Labute approximate surface area is 118 Å². The molecule has 0 saturated heterocycles. The van der Waals surface area contributed by atoms with E-state index in [1.807, 2.05) is 32.0 Å². The fraction of sp³-hybridized carbons (Fsp3) is 0.294. The highest BCUT2D eigenvalue weighted by molar-refractivity contribution is 5.45. The van der Waals surface area contributed by atoms with E-state index in [1.54, 1.807) is 13.2 Å². The molecular weight excluding hydrogens is 255 g/mol. The highest BCUT2D eigenvalue weighted by atomic mass is 19.1. The van der Waals surface area contributed by atoms with E-state index in [-0.39, 0.29) is 5.82 Å². The molecule has 0 fully saturated rings. The van der Waals surface area contributed by atoms with Crippen LogP contribution < -0.4 is 4.74 Å². The Bertz CT molecular complexity index is 608. The fourth-order valence-corrected chi connectivity index (χ4v) is 2.52. The van der Waals surface area contributed by atoms with E-state index in [4.69, 9.17) is 4.74 Å². The molecule has 106 valence electrons. The molecule has 2 rings (SSSR count). The largest absolute Gasteiger partial charge is 0.496 e. The van der Waals surface area contributed by atoms with Gasteiger partial charge in [-0.15, -0.1) is 0 Å². The van der Waals surface area contributed by atoms with Crippen LogP contribution in [0.4, 0.5) is 4.39 Å². The summed E-state index contributed by atoms with van der Waals surface area (Å²) >= 11 is 0. The van der Waals surface area contributed by atoms with E-state index in [1.165, 1.54) is 12.1 Å². The van der Waals surface area contributed by atoms with Crippen molar-refractivity contribution in [1.29, 1.82) is 0 Å². The number of hydrogen-bond donors (Lipinski definition) is 1. The standard InChI is InChI=1S/C17H19FO2/c1-11-7-12(2)17(16(8-11)20-3)15(19)10-13-5-4-6-14(18)9-13/h4-9,15,19H,10H2,1-3H3. The number of methoxy groups -OCH3 is 1. The average Bonchev–Trinajstić information content (AvgIpc) is 2.37. The summed E-state index contributed by atoms with van der Waals surface area (Å²) in [6.07, 6.45) is -0.356. The van der Waals surface area contributed by atoms with Crippen LogP contribution in [0.5, 0.6) is 5.75 Å². The number of ether oxygens (including phenoxy) is 1. The minimum absolute atomic E-state index is 0.290. The maximum Gasteiger partial charge on any atom is 0.125 e. The van der Waals surface area contributed by atoms with Crippen molar-refractivity contribution < 1.29 is 14.2 Å². The number of aliphatic hydroxyl groups excluding tert-OH is 1. The van der Waals surface area contributed by atoms with Crippen LogP contribution in [0.3, 0.4) is 0 Å². The zero-order valence-corrected chi connectivity index (χ0v) is 12.0. The minimum atomic E-state index is -0.715. The molecule has 0 aliphatic heterocycles. The number of rotatable bonds is 4. The minimum Gasteiger partial charge on any atom is -0.496 e. The van der Waals surface area contributed by atoms with Crippen LogP contribution in [0.15, 0.2) is 36.4 Å². The van der Waals surface area contributed by atoms with Crippen molar-refractivity contribution >= 4 is 0 Å². The molecule has 0 bridgehead atoms. The third-order valence-electron chi connectivity index (χ3n) is 3.36. The molecule has 1 atom stereocenters. The molecule has 0 saturated carbocycles. The summed E-state index contributed by atoms with van der Waals surface area (Å²) < 4.78 is 18.5. The van der Waals surface area contributed by atoms with Crippen molar-refractivity contribution in [2.24, 2.45) is 0 Å². The first-order valence-corrected chi connectivity index (χ1v) is 6.59. The number of aliphatic hydroxyl groups is 1. The SMILES string of the molecule is COc1cc(C)cc(C)c1C(O)Cc1cccc(F)c1. The predicted molar refractivity (Wildman–Crippen MR) is 77.5 cm³/mol. The predicted octanol–water partition coefficient (Wildman–Crippen LogP) is 3.73. The number of halogens is 1. The molecule has 0 radical (unpaired) electrons. The van der Waals surface area contributed by atoms with Crippen LogP contribution in [0.2, 0.25) is 0 Å². The van der Waals surface area contributed by atoms with Gasteiger partial charge in [0.2, 0.25) is 0 Å². The second-order valence-electron chi connectivity index (χ2n) is 5.05. The van der Waals surface area contributed by atoms with E-state index in [2.05, 4.69) is 0 Å². The summed E-state index contributed by atoms with van der Waals surface area (Å²) in [5.41, 5.74) is 3.59. The van der Waals surface area contributed by atoms with Gasteiger partial charge in [-0.25, -0.2) is 4.39 Å². The first-order chi connectivity index (χ1) is 9.51. The lowest BCUT2D eigenvalue weighted by atomic mass is 9.95. The third-order valence-corrected chi connectivity index (χ3v) is 3.36. The lowest BCUT2D eigenvalue weighted by molar-refractivity contribution is 0.173. The lowest BCUT2D eigenvalue weighted by Gasteiger charge is -2.18. The molecule has 2 nitrogen and oxygen atoms in total. The van der Waals surface area contributed by atoms with Crippen LogP contribution in [0.1, 0.15) is 28.4 Å². The second kappa shape index (κ2) is 6.06. The van der Waals surface area contributed by atoms with Gasteiger partial charge in [-0.1, -0.05) is 18.2 Å². The van der Waals surface area contributed by atoms with Gasteiger partial charge in [0.25, 0.3) is 0 Å². The first-order valence-electron chi connectivity index (χ1n) is 6.59. The maximum atomic E-state index is 13.2. The molecule has 20 heavy (non-hydrogen) atoms. The van der Waals surface area contributed by atoms with Crippen LogP contribution in [0.25, 0.3) is 0 Å². The third kappa shape index (κ3) is 3.17. The summed E-state index contributed by atoms with van der Waals surface area (Å²) in [6, 6.07) is 10.2. The van der Waals surface area contributed by atoms with Crippen LogP contribution >= 0.6 is 0 Å². The Balaban J connectivity index is 2.31. The van der Waals surface area contributed by atoms with Crippen LogP contribution in [-0.2, 0) is 6.42 Å². The van der Waals surface area contributed by atoms with Crippen molar-refractivity contribution in [2.45, 2.75) is 26.4 Å². The van der Waals surface area contributed by atoms with Gasteiger partial charge < -0.3 is 9.84 Å². The van der Waals surface area contributed by atoms with Crippen molar-refractivity contribution in [3.8, 4) is 5.75 Å². The number of benzene rings is 2. The number of aryl methyl sites for hydroxylation is 2. The molecule has 0 aromatic heterocycles. The Morgan fingerprint density at radius 3 is 2.60 bits per heavy atom. The quantitative estimate of drug-likeness (QED) is 0.920. The van der Waals surface area contributed by atoms with E-state index < -0.39 is 6.10 Å². The van der Waals surface area contributed by atoms with Crippen molar-refractivity contribution in [3.05, 3.63) is 64.5 Å². The molecule has 2 aromatic rings. The highest BCUT2D eigenvalue weighted by Gasteiger charge is 2.17. The van der Waals surface area contributed by atoms with Gasteiger partial charge in [0, 0.05) is 12.0 Å². The average molecular weight is 274 g/mol. The zero-order valence-electron chi connectivity index (χ0n) is 12.0. The Hall–Kier alpha value is -1.87. The Kier molecular flexibility index (Phi) is 4.40. The monoisotopic (exact) mass is 274 g/mol. The molecular formula is C17H19FO2. The van der Waals surface area contributed by atoms with Crippen molar-refractivity contribution in [3.63, 3.8) is 0 Å². The summed E-state index contributed by atoms with van der Waals surface area (Å²) in [4.78, 5) is 0. The first kappa shape index (κ1) is 14.5. The van der Waals surface area contributed by atoms with Gasteiger partial charge in [-0.05, 0) is 48.7 Å². The highest BCUT2D eigenvalue weighted by Crippen LogP contribution is 2.32. The van der Waals surface area contributed by atoms with E-state index in [0.29, 0.717) is 12.2 Å². The molecule has 2 aromatic carbocycles. The van der Waals surface area contributed by atoms with Crippen LogP contribution in [-0.4, -0.2) is 12.2 Å². The van der Waals surface area contributed by atoms with Gasteiger partial charge in [-0.3, -0.25) is 0 Å². The molecule has 1 unspecified atom stereocenters. The fourth-order valence-electron chi connectivity index (χ4n) is 2.52. The Morgan fingerprint density at radius 2 is 1.95 bits per heavy atom. The van der Waals surface area contributed by atoms with E-state index in [9.17, 15) is 9.50 Å². The summed E-state index contributed by atoms with van der Waals surface area (Å²) in [6.45, 7) is 3.93.